The third-order valence-corrected chi connectivity index (χ3v) is 4.73. The molecule has 28 heavy (non-hydrogen) atoms. The van der Waals surface area contributed by atoms with Crippen LogP contribution < -0.4 is 5.43 Å². The molecular weight excluding hydrogens is 379 g/mol. The lowest BCUT2D eigenvalue weighted by Crippen LogP contribution is -2.25. The minimum absolute atomic E-state index is 0.0539. The number of anilines is 1. The zero-order valence-corrected chi connectivity index (χ0v) is 15.8. The fourth-order valence-corrected chi connectivity index (χ4v) is 3.13. The van der Waals surface area contributed by atoms with Gasteiger partial charge in [0.15, 0.2) is 17.3 Å². The predicted molar refractivity (Wildman–Crippen MR) is 107 cm³/mol. The van der Waals surface area contributed by atoms with Crippen molar-refractivity contribution in [3.05, 3.63) is 72.8 Å². The smallest absolute Gasteiger partial charge is 0.196 e. The van der Waals surface area contributed by atoms with Gasteiger partial charge in [0.1, 0.15) is 5.82 Å². The van der Waals surface area contributed by atoms with Crippen molar-refractivity contribution >= 4 is 34.7 Å². The van der Waals surface area contributed by atoms with E-state index in [-0.39, 0.29) is 17.2 Å². The van der Waals surface area contributed by atoms with Gasteiger partial charge < -0.3 is 0 Å². The van der Waals surface area contributed by atoms with Crippen LogP contribution in [0.3, 0.4) is 0 Å². The molecule has 0 unspecified atom stereocenters. The summed E-state index contributed by atoms with van der Waals surface area (Å²) in [6.45, 7) is 1.25. The lowest BCUT2D eigenvalue weighted by molar-refractivity contribution is -0.114. The summed E-state index contributed by atoms with van der Waals surface area (Å²) in [5.74, 6) is -1.43. The van der Waals surface area contributed by atoms with Crippen molar-refractivity contribution < 1.29 is 14.0 Å². The topological polar surface area (TPSA) is 76.3 Å². The van der Waals surface area contributed by atoms with Gasteiger partial charge >= 0.3 is 0 Å². The van der Waals surface area contributed by atoms with Crippen LogP contribution in [0.2, 0.25) is 0 Å². The zero-order chi connectivity index (χ0) is 19.9. The molecule has 0 radical (unpaired) electrons. The van der Waals surface area contributed by atoms with E-state index in [4.69, 9.17) is 0 Å². The van der Waals surface area contributed by atoms with Crippen molar-refractivity contribution in [3.63, 3.8) is 0 Å². The lowest BCUT2D eigenvalue weighted by Gasteiger charge is -2.07. The summed E-state index contributed by atoms with van der Waals surface area (Å²) < 4.78 is 15.8. The van der Waals surface area contributed by atoms with E-state index in [2.05, 4.69) is 15.6 Å². The minimum atomic E-state index is -0.578. The van der Waals surface area contributed by atoms with Gasteiger partial charge in [0.25, 0.3) is 0 Å². The van der Waals surface area contributed by atoms with Gasteiger partial charge in [0.05, 0.1) is 17.1 Å². The molecule has 2 aromatic carbocycles. The molecule has 6 nitrogen and oxygen atoms in total. The van der Waals surface area contributed by atoms with Crippen molar-refractivity contribution in [2.75, 3.05) is 11.2 Å². The summed E-state index contributed by atoms with van der Waals surface area (Å²) >= 11 is 1.31. The number of halogens is 1. The average Bonchev–Trinajstić information content (AvgIpc) is 3.23. The van der Waals surface area contributed by atoms with Crippen molar-refractivity contribution in [2.45, 2.75) is 11.8 Å². The first-order valence-electron chi connectivity index (χ1n) is 8.40. The maximum Gasteiger partial charge on any atom is 0.196 e. The summed E-state index contributed by atoms with van der Waals surface area (Å²) in [6.07, 6.45) is 3.28. The van der Waals surface area contributed by atoms with Crippen LogP contribution in [0.15, 0.2) is 77.0 Å². The number of hydrazone groups is 1. The van der Waals surface area contributed by atoms with Crippen molar-refractivity contribution in [2.24, 2.45) is 5.10 Å². The molecule has 0 saturated carbocycles. The van der Waals surface area contributed by atoms with Crippen LogP contribution in [-0.2, 0) is 9.59 Å². The molecule has 1 heterocycles. The number of benzene rings is 2. The second-order valence-corrected chi connectivity index (χ2v) is 6.82. The van der Waals surface area contributed by atoms with E-state index in [0.29, 0.717) is 5.69 Å². The summed E-state index contributed by atoms with van der Waals surface area (Å²) in [5.41, 5.74) is 2.82. The van der Waals surface area contributed by atoms with E-state index >= 15 is 0 Å². The molecule has 0 fully saturated rings. The van der Waals surface area contributed by atoms with E-state index in [1.165, 1.54) is 35.5 Å². The average molecular weight is 396 g/mol. The number of hydrogen-bond donors (Lipinski definition) is 1. The predicted octanol–water partition coefficient (Wildman–Crippen LogP) is 3.73. The Labute approximate surface area is 165 Å². The van der Waals surface area contributed by atoms with Crippen LogP contribution in [0.25, 0.3) is 5.69 Å². The van der Waals surface area contributed by atoms with Crippen molar-refractivity contribution in [1.29, 1.82) is 0 Å². The van der Waals surface area contributed by atoms with E-state index in [0.717, 1.165) is 4.90 Å². The first-order chi connectivity index (χ1) is 13.5. The van der Waals surface area contributed by atoms with Gasteiger partial charge in [-0.15, -0.1) is 11.8 Å². The number of rotatable bonds is 8. The minimum Gasteiger partial charge on any atom is -0.293 e. The van der Waals surface area contributed by atoms with Crippen LogP contribution in [0.4, 0.5) is 10.1 Å². The molecule has 0 saturated heterocycles. The molecule has 1 aromatic heterocycles. The molecule has 0 spiro atoms. The Balaban J connectivity index is 1.70. The monoisotopic (exact) mass is 396 g/mol. The van der Waals surface area contributed by atoms with Gasteiger partial charge in [0.2, 0.25) is 0 Å². The maximum atomic E-state index is 14.3. The number of aromatic nitrogens is 2. The van der Waals surface area contributed by atoms with Crippen molar-refractivity contribution in [1.82, 2.24) is 9.78 Å². The van der Waals surface area contributed by atoms with E-state index in [1.54, 1.807) is 24.5 Å². The highest BCUT2D eigenvalue weighted by atomic mass is 32.2. The van der Waals surface area contributed by atoms with Gasteiger partial charge in [-0.3, -0.25) is 15.0 Å². The number of hydrogen-bond acceptors (Lipinski definition) is 6. The maximum absolute atomic E-state index is 14.3. The highest BCUT2D eigenvalue weighted by molar-refractivity contribution is 8.00. The number of Topliss-reactive ketones (excluding diaryl/α,β-unsaturated/α-hetero) is 2. The fraction of sp³-hybridized carbons (Fsp3) is 0.100. The van der Waals surface area contributed by atoms with E-state index in [1.807, 2.05) is 30.3 Å². The van der Waals surface area contributed by atoms with Gasteiger partial charge in [-0.25, -0.2) is 9.07 Å². The Kier molecular flexibility index (Phi) is 6.33. The van der Waals surface area contributed by atoms with Gasteiger partial charge in [-0.05, 0) is 30.3 Å². The number of nitrogens with one attached hydrogen (secondary N) is 1. The Morgan fingerprint density at radius 1 is 1.18 bits per heavy atom. The van der Waals surface area contributed by atoms with E-state index < -0.39 is 17.4 Å². The highest BCUT2D eigenvalue weighted by Crippen LogP contribution is 2.19. The fourth-order valence-electron chi connectivity index (χ4n) is 2.35. The number of thioether (sulfide) groups is 1. The molecule has 0 aliphatic rings. The molecule has 0 aliphatic carbocycles. The summed E-state index contributed by atoms with van der Waals surface area (Å²) in [5, 5.41) is 7.88. The Morgan fingerprint density at radius 3 is 2.61 bits per heavy atom. The standard InChI is InChI=1S/C20H17FN4O2S/c1-14(26)20(19(27)13-28-16-6-3-2-4-7-16)24-23-18-9-8-15(12-17(18)21)25-11-5-10-22-25/h2-12,23H,13H2,1H3. The van der Waals surface area contributed by atoms with Crippen LogP contribution in [-0.4, -0.2) is 32.8 Å². The first-order valence-corrected chi connectivity index (χ1v) is 9.38. The normalized spacial score (nSPS) is 11.3. The molecule has 8 heteroatoms. The molecule has 0 amide bonds. The van der Waals surface area contributed by atoms with Crippen LogP contribution >= 0.6 is 11.8 Å². The summed E-state index contributed by atoms with van der Waals surface area (Å²) in [6, 6.07) is 15.5. The second-order valence-electron chi connectivity index (χ2n) is 5.77. The van der Waals surface area contributed by atoms with Crippen molar-refractivity contribution in [3.8, 4) is 5.69 Å². The van der Waals surface area contributed by atoms with Crippen LogP contribution in [0.1, 0.15) is 6.92 Å². The van der Waals surface area contributed by atoms with Gasteiger partial charge in [-0.2, -0.15) is 10.2 Å². The van der Waals surface area contributed by atoms with Crippen LogP contribution in [0, 0.1) is 5.82 Å². The number of carbonyl (C=O) groups excluding carboxylic acids is 2. The first kappa shape index (κ1) is 19.5. The Bertz CT molecular complexity index is 1000. The highest BCUT2D eigenvalue weighted by Gasteiger charge is 2.17. The largest absolute Gasteiger partial charge is 0.293 e. The van der Waals surface area contributed by atoms with Crippen LogP contribution in [0.5, 0.6) is 0 Å². The summed E-state index contributed by atoms with van der Waals surface area (Å²) in [7, 11) is 0. The molecule has 142 valence electrons. The molecule has 0 bridgehead atoms. The van der Waals surface area contributed by atoms with Gasteiger partial charge in [-0.1, -0.05) is 18.2 Å². The molecule has 0 atom stereocenters. The SMILES string of the molecule is CC(=O)C(=NNc1ccc(-n2cccn2)cc1F)C(=O)CSc1ccccc1. The number of ketones is 2. The lowest BCUT2D eigenvalue weighted by atomic mass is 10.2. The molecule has 1 N–H and O–H groups in total. The molecule has 3 aromatic rings. The van der Waals surface area contributed by atoms with E-state index in [9.17, 15) is 14.0 Å². The second kappa shape index (κ2) is 9.09. The summed E-state index contributed by atoms with van der Waals surface area (Å²) in [4.78, 5) is 25.1. The Morgan fingerprint density at radius 2 is 1.96 bits per heavy atom. The zero-order valence-electron chi connectivity index (χ0n) is 15.0. The Hall–Kier alpha value is -3.26. The quantitative estimate of drug-likeness (QED) is 0.272. The number of nitrogens with zero attached hydrogens (tertiary/aromatic N) is 3. The molecular formula is C20H17FN4O2S. The third-order valence-electron chi connectivity index (χ3n) is 3.72. The van der Waals surface area contributed by atoms with Gasteiger partial charge in [0, 0.05) is 30.3 Å². The number of carbonyl (C=O) groups is 2. The molecule has 0 aliphatic heterocycles. The third kappa shape index (κ3) is 4.92. The molecule has 3 rings (SSSR count).